The number of nitrogens with two attached hydrogens (primary N) is 1. The first-order chi connectivity index (χ1) is 7.31. The largest absolute Gasteiger partial charge is 0.384 e. The topological polar surface area (TPSA) is 51.8 Å². The molecule has 0 aliphatic carbocycles. The summed E-state index contributed by atoms with van der Waals surface area (Å²) in [6.45, 7) is 0. The smallest absolute Gasteiger partial charge is 0.123 e. The second kappa shape index (κ2) is 4.28. The van der Waals surface area contributed by atoms with Gasteiger partial charge in [0, 0.05) is 23.5 Å². The Morgan fingerprint density at radius 3 is 2.80 bits per heavy atom. The van der Waals surface area contributed by atoms with Gasteiger partial charge in [-0.25, -0.2) is 4.98 Å². The second-order valence-corrected chi connectivity index (χ2v) is 3.37. The summed E-state index contributed by atoms with van der Waals surface area (Å²) in [6.07, 6.45) is 3.51. The van der Waals surface area contributed by atoms with Crippen molar-refractivity contribution in [2.75, 3.05) is 5.73 Å². The molecule has 0 saturated carbocycles. The maximum absolute atomic E-state index is 5.82. The first-order valence-electron chi connectivity index (χ1n) is 4.53. The zero-order valence-corrected chi connectivity index (χ0v) is 8.78. The van der Waals surface area contributed by atoms with Crippen LogP contribution < -0.4 is 5.73 Å². The molecular formula is C11H10ClN3. The fourth-order valence-corrected chi connectivity index (χ4v) is 1.61. The van der Waals surface area contributed by atoms with E-state index >= 15 is 0 Å². The van der Waals surface area contributed by atoms with Crippen molar-refractivity contribution in [2.24, 2.45) is 0 Å². The molecule has 0 amide bonds. The van der Waals surface area contributed by atoms with Gasteiger partial charge in [-0.3, -0.25) is 4.98 Å². The van der Waals surface area contributed by atoms with Crippen LogP contribution in [0.5, 0.6) is 0 Å². The Balaban J connectivity index is 2.53. The average molecular weight is 220 g/mol. The number of hydrogen-bond donors (Lipinski definition) is 1. The van der Waals surface area contributed by atoms with Gasteiger partial charge in [-0.1, -0.05) is 6.07 Å². The Hall–Kier alpha value is -1.61. The number of hydrogen-bond acceptors (Lipinski definition) is 3. The van der Waals surface area contributed by atoms with Crippen molar-refractivity contribution < 1.29 is 0 Å². The van der Waals surface area contributed by atoms with Gasteiger partial charge >= 0.3 is 0 Å². The lowest BCUT2D eigenvalue weighted by atomic mass is 10.1. The third-order valence-electron chi connectivity index (χ3n) is 2.09. The molecule has 0 aromatic carbocycles. The highest BCUT2D eigenvalue weighted by Gasteiger charge is 2.05. The first-order valence-corrected chi connectivity index (χ1v) is 5.06. The molecule has 0 saturated heterocycles. The Kier molecular flexibility index (Phi) is 2.83. The van der Waals surface area contributed by atoms with E-state index < -0.39 is 0 Å². The second-order valence-electron chi connectivity index (χ2n) is 3.11. The van der Waals surface area contributed by atoms with E-state index in [1.54, 1.807) is 18.5 Å². The number of nitrogens with zero attached hydrogens (tertiary/aromatic N) is 2. The Morgan fingerprint density at radius 1 is 1.27 bits per heavy atom. The van der Waals surface area contributed by atoms with Gasteiger partial charge in [-0.05, 0) is 18.2 Å². The van der Waals surface area contributed by atoms with Crippen LogP contribution in [0, 0.1) is 0 Å². The highest BCUT2D eigenvalue weighted by molar-refractivity contribution is 6.17. The van der Waals surface area contributed by atoms with Crippen LogP contribution in [-0.2, 0) is 5.88 Å². The van der Waals surface area contributed by atoms with Crippen LogP contribution in [0.4, 0.5) is 5.82 Å². The standard InChI is InChI=1S/C11H10ClN3/c12-6-10-9(3-4-11(13)15-10)8-2-1-5-14-7-8/h1-5,7H,6H2,(H2,13,15). The molecule has 2 aromatic heterocycles. The zero-order chi connectivity index (χ0) is 10.7. The Labute approximate surface area is 92.9 Å². The predicted octanol–water partition coefficient (Wildman–Crippen LogP) is 2.46. The van der Waals surface area contributed by atoms with E-state index in [1.165, 1.54) is 0 Å². The quantitative estimate of drug-likeness (QED) is 0.790. The summed E-state index contributed by atoms with van der Waals surface area (Å²) >= 11 is 5.82. The lowest BCUT2D eigenvalue weighted by Crippen LogP contribution is -1.96. The van der Waals surface area contributed by atoms with Crippen molar-refractivity contribution in [3.8, 4) is 11.1 Å². The third kappa shape index (κ3) is 2.07. The lowest BCUT2D eigenvalue weighted by molar-refractivity contribution is 1.18. The summed E-state index contributed by atoms with van der Waals surface area (Å²) in [6, 6.07) is 7.52. The van der Waals surface area contributed by atoms with Gasteiger partial charge in [0.05, 0.1) is 11.6 Å². The van der Waals surface area contributed by atoms with Gasteiger partial charge < -0.3 is 5.73 Å². The summed E-state index contributed by atoms with van der Waals surface area (Å²) in [5.41, 5.74) is 8.36. The number of rotatable bonds is 2. The van der Waals surface area contributed by atoms with Gasteiger partial charge in [0.2, 0.25) is 0 Å². The maximum atomic E-state index is 5.82. The highest BCUT2D eigenvalue weighted by atomic mass is 35.5. The molecule has 15 heavy (non-hydrogen) atoms. The molecule has 0 fully saturated rings. The summed E-state index contributed by atoms with van der Waals surface area (Å²) in [7, 11) is 0. The maximum Gasteiger partial charge on any atom is 0.123 e. The normalized spacial score (nSPS) is 10.2. The zero-order valence-electron chi connectivity index (χ0n) is 8.02. The molecule has 2 aromatic rings. The van der Waals surface area contributed by atoms with Crippen LogP contribution in [-0.4, -0.2) is 9.97 Å². The molecule has 0 spiro atoms. The fraction of sp³-hybridized carbons (Fsp3) is 0.0909. The van der Waals surface area contributed by atoms with Crippen molar-refractivity contribution in [3.63, 3.8) is 0 Å². The van der Waals surface area contributed by atoms with Crippen molar-refractivity contribution in [1.29, 1.82) is 0 Å². The number of pyridine rings is 2. The predicted molar refractivity (Wildman–Crippen MR) is 61.4 cm³/mol. The molecule has 2 heterocycles. The van der Waals surface area contributed by atoms with Gasteiger partial charge in [0.15, 0.2) is 0 Å². The van der Waals surface area contributed by atoms with Crippen LogP contribution >= 0.6 is 11.6 Å². The van der Waals surface area contributed by atoms with E-state index in [0.29, 0.717) is 11.7 Å². The minimum absolute atomic E-state index is 0.343. The summed E-state index contributed by atoms with van der Waals surface area (Å²) in [4.78, 5) is 8.24. The van der Waals surface area contributed by atoms with Gasteiger partial charge in [-0.15, -0.1) is 11.6 Å². The highest BCUT2D eigenvalue weighted by Crippen LogP contribution is 2.23. The van der Waals surface area contributed by atoms with E-state index in [9.17, 15) is 0 Å². The van der Waals surface area contributed by atoms with Crippen LogP contribution in [0.3, 0.4) is 0 Å². The molecule has 4 heteroatoms. The molecule has 0 bridgehead atoms. The van der Waals surface area contributed by atoms with Crippen LogP contribution in [0.15, 0.2) is 36.7 Å². The minimum atomic E-state index is 0.343. The molecule has 0 atom stereocenters. The van der Waals surface area contributed by atoms with E-state index in [4.69, 9.17) is 17.3 Å². The molecular weight excluding hydrogens is 210 g/mol. The molecule has 76 valence electrons. The number of aromatic nitrogens is 2. The molecule has 2 rings (SSSR count). The van der Waals surface area contributed by atoms with Crippen LogP contribution in [0.1, 0.15) is 5.69 Å². The van der Waals surface area contributed by atoms with Crippen LogP contribution in [0.25, 0.3) is 11.1 Å². The Bertz CT molecular complexity index is 457. The summed E-state index contributed by atoms with van der Waals surface area (Å²) in [5, 5.41) is 0. The van der Waals surface area contributed by atoms with Crippen molar-refractivity contribution in [1.82, 2.24) is 9.97 Å². The molecule has 0 unspecified atom stereocenters. The molecule has 0 aliphatic heterocycles. The van der Waals surface area contributed by atoms with Crippen molar-refractivity contribution in [3.05, 3.63) is 42.4 Å². The van der Waals surface area contributed by atoms with Crippen molar-refractivity contribution >= 4 is 17.4 Å². The Morgan fingerprint density at radius 2 is 2.13 bits per heavy atom. The summed E-state index contributed by atoms with van der Waals surface area (Å²) < 4.78 is 0. The average Bonchev–Trinajstić information content (AvgIpc) is 2.30. The van der Waals surface area contributed by atoms with Crippen LogP contribution in [0.2, 0.25) is 0 Å². The van der Waals surface area contributed by atoms with Gasteiger partial charge in [0.25, 0.3) is 0 Å². The SMILES string of the molecule is Nc1ccc(-c2cccnc2)c(CCl)n1. The fourth-order valence-electron chi connectivity index (χ4n) is 1.41. The molecule has 2 N–H and O–H groups in total. The van der Waals surface area contributed by atoms with E-state index in [0.717, 1.165) is 16.8 Å². The van der Waals surface area contributed by atoms with E-state index in [-0.39, 0.29) is 0 Å². The summed E-state index contributed by atoms with van der Waals surface area (Å²) in [5.74, 6) is 0.827. The number of anilines is 1. The minimum Gasteiger partial charge on any atom is -0.384 e. The molecule has 0 aliphatic rings. The van der Waals surface area contributed by atoms with Crippen molar-refractivity contribution in [2.45, 2.75) is 5.88 Å². The van der Waals surface area contributed by atoms with Gasteiger partial charge in [-0.2, -0.15) is 0 Å². The van der Waals surface area contributed by atoms with E-state index in [1.807, 2.05) is 18.2 Å². The molecule has 0 radical (unpaired) electrons. The molecule has 3 nitrogen and oxygen atoms in total. The lowest BCUT2D eigenvalue weighted by Gasteiger charge is -2.06. The number of alkyl halides is 1. The monoisotopic (exact) mass is 219 g/mol. The van der Waals surface area contributed by atoms with E-state index in [2.05, 4.69) is 9.97 Å². The number of halogens is 1. The number of nitrogen functional groups attached to an aromatic ring is 1. The third-order valence-corrected chi connectivity index (χ3v) is 2.35. The van der Waals surface area contributed by atoms with Gasteiger partial charge in [0.1, 0.15) is 5.82 Å². The first kappa shape index (κ1) is 9.93.